The lowest BCUT2D eigenvalue weighted by Gasteiger charge is -2.05. The first-order valence-corrected chi connectivity index (χ1v) is 4.54. The number of aliphatic imine (C=N–C) groups is 1. The molecule has 0 radical (unpaired) electrons. The molecule has 2 N–H and O–H groups in total. The summed E-state index contributed by atoms with van der Waals surface area (Å²) in [6.45, 7) is 4.40. The Kier molecular flexibility index (Phi) is 5.49. The third kappa shape index (κ3) is 4.68. The average molecular weight is 160 g/mol. The Hall–Kier alpha value is -0.180. The average Bonchev–Trinajstić information content (AvgIpc) is 1.99. The van der Waals surface area contributed by atoms with E-state index in [2.05, 4.69) is 18.8 Å². The van der Waals surface area contributed by atoms with Gasteiger partial charge in [0.2, 0.25) is 0 Å². The fraction of sp³-hybridized carbons (Fsp3) is 0.857. The quantitative estimate of drug-likeness (QED) is 0.504. The third-order valence-corrected chi connectivity index (χ3v) is 2.65. The molecule has 60 valence electrons. The monoisotopic (exact) mass is 160 g/mol. The van der Waals surface area contributed by atoms with E-state index in [4.69, 9.17) is 5.73 Å². The molecule has 0 saturated carbocycles. The van der Waals surface area contributed by atoms with Gasteiger partial charge < -0.3 is 5.73 Å². The lowest BCUT2D eigenvalue weighted by atomic mass is 10.2. The van der Waals surface area contributed by atoms with Crippen LogP contribution >= 0.6 is 11.8 Å². The highest BCUT2D eigenvalue weighted by atomic mass is 32.2. The van der Waals surface area contributed by atoms with Crippen molar-refractivity contribution in [3.63, 3.8) is 0 Å². The first-order valence-electron chi connectivity index (χ1n) is 3.55. The number of nitrogens with zero attached hydrogens (tertiary/aromatic N) is 1. The maximum Gasteiger partial charge on any atom is 0.153 e. The third-order valence-electron chi connectivity index (χ3n) is 1.43. The molecule has 0 aromatic rings. The smallest absolute Gasteiger partial charge is 0.153 e. The lowest BCUT2D eigenvalue weighted by molar-refractivity contribution is 0.638. The van der Waals surface area contributed by atoms with Crippen LogP contribution in [0.15, 0.2) is 4.99 Å². The summed E-state index contributed by atoms with van der Waals surface area (Å²) >= 11 is 1.64. The van der Waals surface area contributed by atoms with Crippen LogP contribution in [0.2, 0.25) is 0 Å². The van der Waals surface area contributed by atoms with Gasteiger partial charge in [-0.2, -0.15) is 0 Å². The van der Waals surface area contributed by atoms with Gasteiger partial charge in [-0.3, -0.25) is 4.99 Å². The molecule has 0 aliphatic rings. The Morgan fingerprint density at radius 1 is 1.70 bits per heavy atom. The minimum Gasteiger partial charge on any atom is -0.379 e. The molecule has 0 heterocycles. The maximum absolute atomic E-state index is 5.49. The Labute approximate surface area is 67.3 Å². The van der Waals surface area contributed by atoms with Crippen molar-refractivity contribution in [2.24, 2.45) is 16.6 Å². The molecular formula is C7H16N2S. The second kappa shape index (κ2) is 5.59. The maximum atomic E-state index is 5.49. The van der Waals surface area contributed by atoms with Gasteiger partial charge in [0.1, 0.15) is 0 Å². The van der Waals surface area contributed by atoms with E-state index >= 15 is 0 Å². The van der Waals surface area contributed by atoms with Gasteiger partial charge in [-0.25, -0.2) is 0 Å². The molecule has 0 fully saturated rings. The molecule has 1 unspecified atom stereocenters. The summed E-state index contributed by atoms with van der Waals surface area (Å²) in [5.41, 5.74) is 5.49. The predicted molar refractivity (Wildman–Crippen MR) is 49.5 cm³/mol. The predicted octanol–water partition coefficient (Wildman–Crippen LogP) is 1.71. The SMILES string of the molecule is CCC(C)CSC(N)=NC. The molecule has 0 saturated heterocycles. The first-order chi connectivity index (χ1) is 4.70. The highest BCUT2D eigenvalue weighted by Gasteiger charge is 1.99. The molecular weight excluding hydrogens is 144 g/mol. The largest absolute Gasteiger partial charge is 0.379 e. The van der Waals surface area contributed by atoms with Crippen molar-refractivity contribution < 1.29 is 0 Å². The van der Waals surface area contributed by atoms with E-state index in [1.807, 2.05) is 0 Å². The molecule has 0 aromatic heterocycles. The van der Waals surface area contributed by atoms with Crippen molar-refractivity contribution in [1.29, 1.82) is 0 Å². The van der Waals surface area contributed by atoms with Crippen molar-refractivity contribution in [2.75, 3.05) is 12.8 Å². The van der Waals surface area contributed by atoms with Crippen LogP contribution in [-0.4, -0.2) is 18.0 Å². The Balaban J connectivity index is 3.35. The van der Waals surface area contributed by atoms with E-state index in [-0.39, 0.29) is 0 Å². The molecule has 0 aromatic carbocycles. The topological polar surface area (TPSA) is 38.4 Å². The molecule has 0 bridgehead atoms. The second-order valence-corrected chi connectivity index (χ2v) is 3.43. The van der Waals surface area contributed by atoms with E-state index in [0.717, 1.165) is 11.7 Å². The molecule has 3 heteroatoms. The van der Waals surface area contributed by atoms with Crippen LogP contribution in [-0.2, 0) is 0 Å². The molecule has 0 aliphatic heterocycles. The van der Waals surface area contributed by atoms with Gasteiger partial charge in [-0.15, -0.1) is 0 Å². The highest BCUT2D eigenvalue weighted by molar-refractivity contribution is 8.13. The minimum absolute atomic E-state index is 0.695. The summed E-state index contributed by atoms with van der Waals surface area (Å²) in [5, 5.41) is 0.695. The Morgan fingerprint density at radius 3 is 2.70 bits per heavy atom. The van der Waals surface area contributed by atoms with Gasteiger partial charge in [-0.1, -0.05) is 32.0 Å². The molecule has 10 heavy (non-hydrogen) atoms. The molecule has 0 rings (SSSR count). The Bertz CT molecular complexity index is 112. The van der Waals surface area contributed by atoms with Gasteiger partial charge in [-0.05, 0) is 5.92 Å². The molecule has 1 atom stereocenters. The Morgan fingerprint density at radius 2 is 2.30 bits per heavy atom. The van der Waals surface area contributed by atoms with Crippen LogP contribution in [0, 0.1) is 5.92 Å². The zero-order valence-electron chi connectivity index (χ0n) is 6.92. The fourth-order valence-corrected chi connectivity index (χ4v) is 1.23. The molecule has 0 amide bonds. The van der Waals surface area contributed by atoms with E-state index in [0.29, 0.717) is 5.17 Å². The van der Waals surface area contributed by atoms with Crippen LogP contribution in [0.5, 0.6) is 0 Å². The zero-order chi connectivity index (χ0) is 7.98. The van der Waals surface area contributed by atoms with Crippen molar-refractivity contribution in [2.45, 2.75) is 20.3 Å². The van der Waals surface area contributed by atoms with Gasteiger partial charge in [0.05, 0.1) is 0 Å². The standard InChI is InChI=1S/C7H16N2S/c1-4-6(2)5-10-7(8)9-3/h6H,4-5H2,1-3H3,(H2,8,9). The van der Waals surface area contributed by atoms with Crippen LogP contribution in [0.3, 0.4) is 0 Å². The van der Waals surface area contributed by atoms with Crippen molar-refractivity contribution in [3.05, 3.63) is 0 Å². The van der Waals surface area contributed by atoms with E-state index in [1.54, 1.807) is 18.8 Å². The van der Waals surface area contributed by atoms with Gasteiger partial charge in [0.15, 0.2) is 5.17 Å². The number of hydrogen-bond acceptors (Lipinski definition) is 2. The highest BCUT2D eigenvalue weighted by Crippen LogP contribution is 2.10. The second-order valence-electron chi connectivity index (χ2n) is 2.39. The van der Waals surface area contributed by atoms with Crippen LogP contribution in [0.4, 0.5) is 0 Å². The number of hydrogen-bond donors (Lipinski definition) is 1. The number of nitrogens with two attached hydrogens (primary N) is 1. The van der Waals surface area contributed by atoms with Crippen LogP contribution in [0.25, 0.3) is 0 Å². The summed E-state index contributed by atoms with van der Waals surface area (Å²) in [7, 11) is 1.72. The van der Waals surface area contributed by atoms with Gasteiger partial charge in [0, 0.05) is 12.8 Å². The van der Waals surface area contributed by atoms with Crippen molar-refractivity contribution in [3.8, 4) is 0 Å². The van der Waals surface area contributed by atoms with Crippen LogP contribution < -0.4 is 5.73 Å². The van der Waals surface area contributed by atoms with Crippen molar-refractivity contribution >= 4 is 16.9 Å². The molecule has 0 spiro atoms. The minimum atomic E-state index is 0.695. The van der Waals surface area contributed by atoms with Gasteiger partial charge >= 0.3 is 0 Å². The van der Waals surface area contributed by atoms with E-state index in [1.165, 1.54) is 6.42 Å². The summed E-state index contributed by atoms with van der Waals surface area (Å²) in [6, 6.07) is 0. The summed E-state index contributed by atoms with van der Waals surface area (Å²) in [4.78, 5) is 3.85. The van der Waals surface area contributed by atoms with Crippen molar-refractivity contribution in [1.82, 2.24) is 0 Å². The summed E-state index contributed by atoms with van der Waals surface area (Å²) < 4.78 is 0. The van der Waals surface area contributed by atoms with Crippen LogP contribution in [0.1, 0.15) is 20.3 Å². The number of rotatable bonds is 3. The summed E-state index contributed by atoms with van der Waals surface area (Å²) in [5.74, 6) is 1.82. The normalized spacial score (nSPS) is 15.3. The van der Waals surface area contributed by atoms with Gasteiger partial charge in [0.25, 0.3) is 0 Å². The lowest BCUT2D eigenvalue weighted by Crippen LogP contribution is -2.09. The summed E-state index contributed by atoms with van der Waals surface area (Å²) in [6.07, 6.45) is 1.21. The fourth-order valence-electron chi connectivity index (χ4n) is 0.410. The molecule has 0 aliphatic carbocycles. The number of thioether (sulfide) groups is 1. The number of amidine groups is 1. The zero-order valence-corrected chi connectivity index (χ0v) is 7.74. The van der Waals surface area contributed by atoms with E-state index < -0.39 is 0 Å². The molecule has 2 nitrogen and oxygen atoms in total. The first kappa shape index (κ1) is 9.82. The van der Waals surface area contributed by atoms with E-state index in [9.17, 15) is 0 Å².